The van der Waals surface area contributed by atoms with Gasteiger partial charge in [0.05, 0.1) is 18.6 Å². The van der Waals surface area contributed by atoms with E-state index < -0.39 is 12.2 Å². The van der Waals surface area contributed by atoms with Crippen LogP contribution in [-0.4, -0.2) is 34.5 Å². The number of rotatable bonds is 5. The van der Waals surface area contributed by atoms with Crippen molar-refractivity contribution in [1.29, 1.82) is 0 Å². The molecule has 0 aromatic carbocycles. The molecule has 2 rings (SSSR count). The van der Waals surface area contributed by atoms with Crippen LogP contribution in [0, 0.1) is 17.8 Å². The van der Waals surface area contributed by atoms with E-state index in [0.29, 0.717) is 24.3 Å². The first kappa shape index (κ1) is 16.5. The molecule has 1 saturated carbocycles. The molecule has 1 heterocycles. The number of fused-ring (bicyclic) bond motifs is 1. The van der Waals surface area contributed by atoms with Gasteiger partial charge in [0.1, 0.15) is 6.10 Å². The number of hydrogen-bond acceptors (Lipinski definition) is 4. The molecule has 0 aromatic heterocycles. The number of esters is 1. The molecule has 6 atom stereocenters. The fourth-order valence-electron chi connectivity index (χ4n) is 3.11. The minimum atomic E-state index is -0.596. The highest BCUT2D eigenvalue weighted by molar-refractivity contribution is 6.29. The zero-order chi connectivity index (χ0) is 15.6. The first-order valence-corrected chi connectivity index (χ1v) is 7.82. The second-order valence-corrected chi connectivity index (χ2v) is 6.75. The maximum absolute atomic E-state index is 11.3. The Labute approximate surface area is 130 Å². The maximum atomic E-state index is 11.3. The summed E-state index contributed by atoms with van der Waals surface area (Å²) < 4.78 is 5.19. The van der Waals surface area contributed by atoms with E-state index in [2.05, 4.69) is 0 Å². The average Bonchev–Trinajstić information content (AvgIpc) is 2.88. The number of carbonyl (C=O) groups excluding carboxylic acids is 1. The van der Waals surface area contributed by atoms with Gasteiger partial charge in [-0.15, -0.1) is 0 Å². The number of ether oxygens (including phenoxy) is 1. The largest absolute Gasteiger partial charge is 0.462 e. The van der Waals surface area contributed by atoms with Gasteiger partial charge in [-0.3, -0.25) is 4.79 Å². The highest BCUT2D eigenvalue weighted by Gasteiger charge is 2.48. The molecule has 2 aliphatic rings. The standard InChI is InChI=1S/C16H23ClO4/c1-9(3-4-10(2)17)13(18)6-5-11-12-7-16(20)21-15(12)8-14(11)19/h4-6,9,11-15,18-19H,3,7-8H2,1-2H3/t9?,11-,12-,13-,14-,15+/m1/s1. The lowest BCUT2D eigenvalue weighted by atomic mass is 9.90. The number of halogens is 1. The highest BCUT2D eigenvalue weighted by atomic mass is 35.5. The van der Waals surface area contributed by atoms with Crippen molar-refractivity contribution in [3.8, 4) is 0 Å². The highest BCUT2D eigenvalue weighted by Crippen LogP contribution is 2.42. The van der Waals surface area contributed by atoms with Gasteiger partial charge in [0.15, 0.2) is 0 Å². The van der Waals surface area contributed by atoms with Crippen LogP contribution in [0.5, 0.6) is 0 Å². The quantitative estimate of drug-likeness (QED) is 0.604. The van der Waals surface area contributed by atoms with Crippen LogP contribution in [0.4, 0.5) is 0 Å². The average molecular weight is 315 g/mol. The molecular weight excluding hydrogens is 292 g/mol. The van der Waals surface area contributed by atoms with Crippen molar-refractivity contribution in [3.63, 3.8) is 0 Å². The molecule has 0 radical (unpaired) electrons. The number of aliphatic hydroxyl groups excluding tert-OH is 2. The van der Waals surface area contributed by atoms with Gasteiger partial charge in [0.2, 0.25) is 0 Å². The van der Waals surface area contributed by atoms with E-state index in [4.69, 9.17) is 16.3 Å². The summed E-state index contributed by atoms with van der Waals surface area (Å²) in [6, 6.07) is 0. The predicted molar refractivity (Wildman–Crippen MR) is 80.6 cm³/mol. The first-order chi connectivity index (χ1) is 9.88. The molecule has 0 aromatic rings. The van der Waals surface area contributed by atoms with Gasteiger partial charge >= 0.3 is 5.97 Å². The summed E-state index contributed by atoms with van der Waals surface area (Å²) in [5.41, 5.74) is 0. The van der Waals surface area contributed by atoms with Crippen molar-refractivity contribution >= 4 is 17.6 Å². The third kappa shape index (κ3) is 4.09. The van der Waals surface area contributed by atoms with Gasteiger partial charge in [-0.1, -0.05) is 36.8 Å². The third-order valence-electron chi connectivity index (χ3n) is 4.46. The van der Waals surface area contributed by atoms with Crippen LogP contribution in [0.3, 0.4) is 0 Å². The Kier molecular flexibility index (Phi) is 5.47. The van der Waals surface area contributed by atoms with E-state index in [-0.39, 0.29) is 29.8 Å². The zero-order valence-electron chi connectivity index (χ0n) is 12.4. The summed E-state index contributed by atoms with van der Waals surface area (Å²) in [4.78, 5) is 11.3. The Morgan fingerprint density at radius 1 is 1.57 bits per heavy atom. The van der Waals surface area contributed by atoms with Gasteiger partial charge in [-0.25, -0.2) is 0 Å². The first-order valence-electron chi connectivity index (χ1n) is 7.44. The van der Waals surface area contributed by atoms with Gasteiger partial charge in [-0.05, 0) is 19.3 Å². The third-order valence-corrected chi connectivity index (χ3v) is 4.61. The van der Waals surface area contributed by atoms with E-state index in [1.807, 2.05) is 26.0 Å². The Morgan fingerprint density at radius 2 is 2.29 bits per heavy atom. The van der Waals surface area contributed by atoms with Gasteiger partial charge in [-0.2, -0.15) is 0 Å². The molecule has 2 N–H and O–H groups in total. The minimum Gasteiger partial charge on any atom is -0.462 e. The number of hydrogen-bond donors (Lipinski definition) is 2. The Balaban J connectivity index is 1.93. The monoisotopic (exact) mass is 314 g/mol. The molecule has 0 amide bonds. The number of aliphatic hydroxyl groups is 2. The molecule has 21 heavy (non-hydrogen) atoms. The Bertz CT molecular complexity index is 442. The summed E-state index contributed by atoms with van der Waals surface area (Å²) in [5.74, 6) is -0.220. The topological polar surface area (TPSA) is 66.8 Å². The van der Waals surface area contributed by atoms with E-state index in [9.17, 15) is 15.0 Å². The van der Waals surface area contributed by atoms with Crippen LogP contribution >= 0.6 is 11.6 Å². The van der Waals surface area contributed by atoms with Crippen molar-refractivity contribution in [2.24, 2.45) is 17.8 Å². The maximum Gasteiger partial charge on any atom is 0.306 e. The van der Waals surface area contributed by atoms with Gasteiger partial charge in [0.25, 0.3) is 0 Å². The second-order valence-electron chi connectivity index (χ2n) is 6.16. The SMILES string of the molecule is CC(Cl)=CCC(C)[C@H](O)C=C[C@@H]1[C@H]2CC(=O)O[C@H]2C[C@H]1O. The zero-order valence-corrected chi connectivity index (χ0v) is 13.2. The summed E-state index contributed by atoms with van der Waals surface area (Å²) in [6.07, 6.45) is 5.73. The van der Waals surface area contributed by atoms with Crippen LogP contribution in [0.1, 0.15) is 33.1 Å². The van der Waals surface area contributed by atoms with Crippen molar-refractivity contribution in [2.45, 2.75) is 51.4 Å². The lowest BCUT2D eigenvalue weighted by molar-refractivity contribution is -0.141. The molecule has 4 nitrogen and oxygen atoms in total. The van der Waals surface area contributed by atoms with E-state index in [0.717, 1.165) is 0 Å². The van der Waals surface area contributed by atoms with Crippen molar-refractivity contribution in [1.82, 2.24) is 0 Å². The number of allylic oxidation sites excluding steroid dienone is 2. The summed E-state index contributed by atoms with van der Waals surface area (Å²) >= 11 is 5.78. The molecule has 1 unspecified atom stereocenters. The van der Waals surface area contributed by atoms with Gasteiger partial charge < -0.3 is 14.9 Å². The molecule has 1 saturated heterocycles. The molecule has 118 valence electrons. The predicted octanol–water partition coefficient (Wildman–Crippen LogP) is 2.38. The summed E-state index contributed by atoms with van der Waals surface area (Å²) in [6.45, 7) is 3.75. The molecule has 1 aliphatic carbocycles. The van der Waals surface area contributed by atoms with Gasteiger partial charge in [0, 0.05) is 23.3 Å². The normalized spacial score (nSPS) is 35.9. The van der Waals surface area contributed by atoms with Crippen LogP contribution in [0.25, 0.3) is 0 Å². The van der Waals surface area contributed by atoms with Crippen LogP contribution in [0.2, 0.25) is 0 Å². The van der Waals surface area contributed by atoms with Crippen molar-refractivity contribution in [3.05, 3.63) is 23.3 Å². The van der Waals surface area contributed by atoms with Crippen LogP contribution in [-0.2, 0) is 9.53 Å². The molecule has 0 bridgehead atoms. The smallest absolute Gasteiger partial charge is 0.306 e. The lowest BCUT2D eigenvalue weighted by Crippen LogP contribution is -2.20. The van der Waals surface area contributed by atoms with E-state index >= 15 is 0 Å². The fourth-order valence-corrected chi connectivity index (χ4v) is 3.20. The van der Waals surface area contributed by atoms with E-state index in [1.165, 1.54) is 0 Å². The Morgan fingerprint density at radius 3 is 2.95 bits per heavy atom. The minimum absolute atomic E-state index is 0.0382. The lowest BCUT2D eigenvalue weighted by Gasteiger charge is -2.17. The van der Waals surface area contributed by atoms with Crippen LogP contribution in [0.15, 0.2) is 23.3 Å². The molecule has 5 heteroatoms. The molecule has 0 spiro atoms. The van der Waals surface area contributed by atoms with Crippen molar-refractivity contribution < 1.29 is 19.7 Å². The summed E-state index contributed by atoms with van der Waals surface area (Å²) in [7, 11) is 0. The fraction of sp³-hybridized carbons (Fsp3) is 0.688. The molecular formula is C16H23ClO4. The number of carbonyl (C=O) groups is 1. The van der Waals surface area contributed by atoms with Crippen molar-refractivity contribution in [2.75, 3.05) is 0 Å². The summed E-state index contributed by atoms with van der Waals surface area (Å²) in [5, 5.41) is 20.9. The molecule has 2 fully saturated rings. The second kappa shape index (κ2) is 6.95. The van der Waals surface area contributed by atoms with Crippen LogP contribution < -0.4 is 0 Å². The molecule has 1 aliphatic heterocycles. The van der Waals surface area contributed by atoms with E-state index in [1.54, 1.807) is 6.08 Å². The Hall–Kier alpha value is -0.840.